The van der Waals surface area contributed by atoms with E-state index in [1.165, 1.54) is 26.0 Å². The third-order valence-electron chi connectivity index (χ3n) is 4.65. The zero-order valence-electron chi connectivity index (χ0n) is 18.7. The van der Waals surface area contributed by atoms with Crippen LogP contribution in [0.1, 0.15) is 32.2 Å². The first kappa shape index (κ1) is 23.9. The number of aromatic nitrogens is 2. The van der Waals surface area contributed by atoms with Gasteiger partial charge in [-0.2, -0.15) is 9.97 Å². The second kappa shape index (κ2) is 9.79. The lowest BCUT2D eigenvalue weighted by Gasteiger charge is -2.19. The number of benzene rings is 2. The zero-order valence-corrected chi connectivity index (χ0v) is 20.4. The van der Waals surface area contributed by atoms with Crippen molar-refractivity contribution in [2.45, 2.75) is 41.7 Å². The number of ether oxygens (including phenoxy) is 2. The van der Waals surface area contributed by atoms with Crippen molar-refractivity contribution in [1.29, 1.82) is 0 Å². The molecule has 0 bridgehead atoms. The van der Waals surface area contributed by atoms with Crippen molar-refractivity contribution in [2.75, 3.05) is 18.9 Å². The van der Waals surface area contributed by atoms with E-state index in [4.69, 9.17) is 9.47 Å². The average molecular weight is 474 g/mol. The molecule has 0 amide bonds. The summed E-state index contributed by atoms with van der Waals surface area (Å²) in [4.78, 5) is 9.80. The van der Waals surface area contributed by atoms with E-state index in [1.807, 2.05) is 24.3 Å². The Morgan fingerprint density at radius 1 is 0.906 bits per heavy atom. The van der Waals surface area contributed by atoms with Crippen molar-refractivity contribution in [3.8, 4) is 11.8 Å². The van der Waals surface area contributed by atoms with Gasteiger partial charge < -0.3 is 9.47 Å². The fraction of sp³-hybridized carbons (Fsp3) is 0.304. The molecule has 170 valence electrons. The Hall–Kier alpha value is -2.78. The smallest absolute Gasteiger partial charge is 0.261 e. The molecule has 7 nitrogen and oxygen atoms in total. The molecule has 0 aliphatic heterocycles. The van der Waals surface area contributed by atoms with E-state index in [-0.39, 0.29) is 10.3 Å². The lowest BCUT2D eigenvalue weighted by molar-refractivity contribution is 0.369. The maximum atomic E-state index is 12.7. The summed E-state index contributed by atoms with van der Waals surface area (Å²) < 4.78 is 38.4. The summed E-state index contributed by atoms with van der Waals surface area (Å²) in [6, 6.07) is 15.8. The molecule has 0 saturated carbocycles. The van der Waals surface area contributed by atoms with E-state index in [0.29, 0.717) is 29.0 Å². The van der Waals surface area contributed by atoms with Crippen LogP contribution in [-0.2, 0) is 21.2 Å². The first-order valence-electron chi connectivity index (χ1n) is 9.93. The van der Waals surface area contributed by atoms with Gasteiger partial charge in [0, 0.05) is 10.6 Å². The number of sulfonamides is 1. The molecule has 32 heavy (non-hydrogen) atoms. The van der Waals surface area contributed by atoms with E-state index in [1.54, 1.807) is 30.3 Å². The molecule has 1 aromatic heterocycles. The molecular formula is C23H27N3O4S2. The van der Waals surface area contributed by atoms with Gasteiger partial charge in [0.15, 0.2) is 0 Å². The largest absolute Gasteiger partial charge is 0.481 e. The van der Waals surface area contributed by atoms with Crippen LogP contribution in [0.5, 0.6) is 11.8 Å². The molecule has 3 aromatic rings. The molecule has 9 heteroatoms. The van der Waals surface area contributed by atoms with Crippen molar-refractivity contribution in [1.82, 2.24) is 9.97 Å². The summed E-state index contributed by atoms with van der Waals surface area (Å²) in [7, 11) is -0.585. The van der Waals surface area contributed by atoms with Crippen molar-refractivity contribution in [2.24, 2.45) is 0 Å². The molecule has 0 spiro atoms. The highest BCUT2D eigenvalue weighted by Gasteiger charge is 2.17. The molecule has 1 heterocycles. The second-order valence-corrected chi connectivity index (χ2v) is 10.8. The van der Waals surface area contributed by atoms with Gasteiger partial charge in [-0.1, -0.05) is 32.9 Å². The van der Waals surface area contributed by atoms with Crippen molar-refractivity contribution in [3.05, 3.63) is 66.0 Å². The lowest BCUT2D eigenvalue weighted by atomic mass is 9.87. The number of nitrogens with one attached hydrogen (secondary N) is 1. The van der Waals surface area contributed by atoms with Crippen molar-refractivity contribution >= 4 is 27.5 Å². The summed E-state index contributed by atoms with van der Waals surface area (Å²) in [5.41, 5.74) is 1.54. The van der Waals surface area contributed by atoms with E-state index in [9.17, 15) is 8.42 Å². The van der Waals surface area contributed by atoms with Crippen LogP contribution >= 0.6 is 11.8 Å². The standard InChI is InChI=1S/C23H27N3O4S2/c1-23(2,3)16-6-12-19(13-7-16)32(27,28)26-17-8-10-18(11-9-17)31-15-20-24-21(29-4)14-22(25-20)30-5/h6-14,26H,15H2,1-5H3. The minimum Gasteiger partial charge on any atom is -0.481 e. The van der Waals surface area contributed by atoms with Gasteiger partial charge >= 0.3 is 0 Å². The minimum absolute atomic E-state index is 0.0374. The summed E-state index contributed by atoms with van der Waals surface area (Å²) >= 11 is 1.53. The maximum Gasteiger partial charge on any atom is 0.261 e. The molecule has 0 fully saturated rings. The van der Waals surface area contributed by atoms with E-state index < -0.39 is 10.0 Å². The quantitative estimate of drug-likeness (QED) is 0.466. The van der Waals surface area contributed by atoms with Crippen molar-refractivity contribution in [3.63, 3.8) is 0 Å². The fourth-order valence-electron chi connectivity index (χ4n) is 2.84. The Morgan fingerprint density at radius 3 is 1.97 bits per heavy atom. The van der Waals surface area contributed by atoms with Crippen LogP contribution in [-0.4, -0.2) is 32.6 Å². The number of rotatable bonds is 8. The predicted molar refractivity (Wildman–Crippen MR) is 127 cm³/mol. The summed E-state index contributed by atoms with van der Waals surface area (Å²) in [6.07, 6.45) is 0. The van der Waals surface area contributed by atoms with Gasteiger partial charge in [-0.25, -0.2) is 8.42 Å². The first-order chi connectivity index (χ1) is 15.1. The highest BCUT2D eigenvalue weighted by atomic mass is 32.2. The molecular weight excluding hydrogens is 446 g/mol. The van der Waals surface area contributed by atoms with Crippen LogP contribution < -0.4 is 14.2 Å². The van der Waals surface area contributed by atoms with Crippen LogP contribution in [0, 0.1) is 0 Å². The highest BCUT2D eigenvalue weighted by Crippen LogP contribution is 2.27. The third-order valence-corrected chi connectivity index (χ3v) is 7.05. The van der Waals surface area contributed by atoms with Gasteiger partial charge in [0.25, 0.3) is 10.0 Å². The molecule has 0 atom stereocenters. The van der Waals surface area contributed by atoms with Crippen LogP contribution in [0.3, 0.4) is 0 Å². The third kappa shape index (κ3) is 6.14. The lowest BCUT2D eigenvalue weighted by Crippen LogP contribution is -2.14. The topological polar surface area (TPSA) is 90.4 Å². The SMILES string of the molecule is COc1cc(OC)nc(CSc2ccc(NS(=O)(=O)c3ccc(C(C)(C)C)cc3)cc2)n1. The fourth-order valence-corrected chi connectivity index (χ4v) is 4.65. The number of thioether (sulfide) groups is 1. The first-order valence-corrected chi connectivity index (χ1v) is 12.4. The molecule has 2 aromatic carbocycles. The Bertz CT molecular complexity index is 1140. The van der Waals surface area contributed by atoms with Gasteiger partial charge in [0.1, 0.15) is 5.82 Å². The molecule has 0 unspecified atom stereocenters. The molecule has 0 saturated heterocycles. The second-order valence-electron chi connectivity index (χ2n) is 8.06. The Labute approximate surface area is 193 Å². The molecule has 0 aliphatic rings. The van der Waals surface area contributed by atoms with E-state index >= 15 is 0 Å². The summed E-state index contributed by atoms with van der Waals surface area (Å²) in [5.74, 6) is 1.97. The van der Waals surface area contributed by atoms with Gasteiger partial charge in [0.05, 0.1) is 30.9 Å². The molecule has 0 radical (unpaired) electrons. The average Bonchev–Trinajstić information content (AvgIpc) is 2.77. The Kier molecular flexibility index (Phi) is 7.30. The van der Waals surface area contributed by atoms with Crippen LogP contribution in [0.25, 0.3) is 0 Å². The highest BCUT2D eigenvalue weighted by molar-refractivity contribution is 7.98. The molecule has 1 N–H and O–H groups in total. The number of hydrogen-bond acceptors (Lipinski definition) is 7. The van der Waals surface area contributed by atoms with Gasteiger partial charge in [-0.3, -0.25) is 4.72 Å². The normalized spacial score (nSPS) is 11.8. The minimum atomic E-state index is -3.66. The van der Waals surface area contributed by atoms with Gasteiger partial charge in [-0.15, -0.1) is 11.8 Å². The van der Waals surface area contributed by atoms with Crippen LogP contribution in [0.15, 0.2) is 64.4 Å². The summed E-state index contributed by atoms with van der Waals surface area (Å²) in [5, 5.41) is 0. The van der Waals surface area contributed by atoms with Gasteiger partial charge in [-0.05, 0) is 47.4 Å². The number of anilines is 1. The van der Waals surface area contributed by atoms with Crippen molar-refractivity contribution < 1.29 is 17.9 Å². The predicted octanol–water partition coefficient (Wildman–Crippen LogP) is 4.88. The summed E-state index contributed by atoms with van der Waals surface area (Å²) in [6.45, 7) is 6.27. The van der Waals surface area contributed by atoms with Crippen LogP contribution in [0.2, 0.25) is 0 Å². The van der Waals surface area contributed by atoms with Crippen LogP contribution in [0.4, 0.5) is 5.69 Å². The zero-order chi connectivity index (χ0) is 23.4. The van der Waals surface area contributed by atoms with E-state index in [2.05, 4.69) is 35.5 Å². The maximum absolute atomic E-state index is 12.7. The monoisotopic (exact) mass is 473 g/mol. The number of methoxy groups -OCH3 is 2. The molecule has 3 rings (SSSR count). The Morgan fingerprint density at radius 2 is 1.47 bits per heavy atom. The number of nitrogens with zero attached hydrogens (tertiary/aromatic N) is 2. The van der Waals surface area contributed by atoms with E-state index in [0.717, 1.165) is 10.5 Å². The Balaban J connectivity index is 1.65. The number of hydrogen-bond donors (Lipinski definition) is 1. The molecule has 0 aliphatic carbocycles. The van der Waals surface area contributed by atoms with Gasteiger partial charge in [0.2, 0.25) is 11.8 Å².